The quantitative estimate of drug-likeness (QED) is 0.640. The average Bonchev–Trinajstić information content (AvgIpc) is 2.03. The van der Waals surface area contributed by atoms with Gasteiger partial charge < -0.3 is 4.18 Å². The Morgan fingerprint density at radius 2 is 1.71 bits per heavy atom. The van der Waals surface area contributed by atoms with Gasteiger partial charge in [-0.3, -0.25) is 4.55 Å². The molecule has 0 spiro atoms. The Kier molecular flexibility index (Phi) is 5.23. The minimum Gasteiger partial charge on any atom is -0.320 e. The largest absolute Gasteiger partial charge is 0.449 e. The first-order valence-electron chi connectivity index (χ1n) is 3.25. The molecule has 7 heteroatoms. The summed E-state index contributed by atoms with van der Waals surface area (Å²) in [7, 11) is -4.72. The normalized spacial score (nSPS) is 10.1. The number of hydrogen-bond donors (Lipinski definition) is 1. The molecule has 0 aliphatic carbocycles. The van der Waals surface area contributed by atoms with E-state index in [0.717, 1.165) is 0 Å². The van der Waals surface area contributed by atoms with Crippen LogP contribution in [-0.2, 0) is 41.9 Å². The van der Waals surface area contributed by atoms with Gasteiger partial charge in [0.05, 0.1) is 5.56 Å². The first-order chi connectivity index (χ1) is 5.99. The first-order valence-corrected chi connectivity index (χ1v) is 4.62. The van der Waals surface area contributed by atoms with Gasteiger partial charge in [0.15, 0.2) is 0 Å². The summed E-state index contributed by atoms with van der Waals surface area (Å²) < 4.78 is 32.1. The third-order valence-corrected chi connectivity index (χ3v) is 1.55. The summed E-state index contributed by atoms with van der Waals surface area (Å²) in [6, 6.07) is 7.48. The zero-order valence-corrected chi connectivity index (χ0v) is 11.9. The predicted molar refractivity (Wildman–Crippen MR) is 43.4 cm³/mol. The third kappa shape index (κ3) is 4.67. The maximum atomic E-state index is 10.9. The maximum absolute atomic E-state index is 10.9. The molecule has 0 radical (unpaired) electrons. The number of benzene rings is 1. The molecule has 1 aromatic rings. The van der Waals surface area contributed by atoms with E-state index in [4.69, 9.17) is 4.55 Å². The molecule has 1 N–H and O–H groups in total. The Bertz CT molecular complexity index is 399. The number of hydrogen-bond acceptors (Lipinski definition) is 4. The van der Waals surface area contributed by atoms with Crippen LogP contribution in [0.15, 0.2) is 30.3 Å². The minimum absolute atomic E-state index is 0. The van der Waals surface area contributed by atoms with Crippen molar-refractivity contribution in [3.8, 4) is 0 Å². The van der Waals surface area contributed by atoms with Gasteiger partial charge in [0.25, 0.3) is 0 Å². The van der Waals surface area contributed by atoms with E-state index in [1.165, 1.54) is 12.1 Å². The Morgan fingerprint density at radius 3 is 2.14 bits per heavy atom. The molecule has 0 unspecified atom stereocenters. The van der Waals surface area contributed by atoms with Crippen LogP contribution in [0.1, 0.15) is 10.4 Å². The molecule has 0 heterocycles. The molecule has 72 valence electrons. The molecule has 0 saturated heterocycles. The van der Waals surface area contributed by atoms with Crippen molar-refractivity contribution in [3.05, 3.63) is 35.9 Å². The maximum Gasteiger partial charge on any atom is 0.449 e. The summed E-state index contributed by atoms with van der Waals surface area (Å²) in [6.07, 6.45) is 0. The van der Waals surface area contributed by atoms with E-state index < -0.39 is 16.4 Å². The van der Waals surface area contributed by atoms with Crippen LogP contribution < -0.4 is 0 Å². The van der Waals surface area contributed by atoms with Gasteiger partial charge in [-0.05, 0) is 12.1 Å². The molecule has 5 nitrogen and oxygen atoms in total. The summed E-state index contributed by atoms with van der Waals surface area (Å²) in [5.74, 6) is -1.11. The van der Waals surface area contributed by atoms with Gasteiger partial charge in [-0.1, -0.05) is 18.2 Å². The molecular formula is C7H6CdO5S. The van der Waals surface area contributed by atoms with Crippen LogP contribution >= 0.6 is 0 Å². The molecular weight excluding hydrogens is 309 g/mol. The van der Waals surface area contributed by atoms with Crippen molar-refractivity contribution < 1.29 is 49.2 Å². The Morgan fingerprint density at radius 1 is 1.21 bits per heavy atom. The van der Waals surface area contributed by atoms with Crippen molar-refractivity contribution in [2.45, 2.75) is 0 Å². The number of carbonyl (C=O) groups excluding carboxylic acids is 1. The molecule has 0 bridgehead atoms. The Hall–Kier alpha value is -0.478. The molecule has 0 aromatic heterocycles. The fourth-order valence-electron chi connectivity index (χ4n) is 0.718. The van der Waals surface area contributed by atoms with Gasteiger partial charge in [-0.2, -0.15) is 8.42 Å². The monoisotopic (exact) mass is 316 g/mol. The second-order valence-electron chi connectivity index (χ2n) is 2.16. The van der Waals surface area contributed by atoms with Crippen LogP contribution in [0, 0.1) is 0 Å². The van der Waals surface area contributed by atoms with Crippen LogP contribution in [0.5, 0.6) is 0 Å². The van der Waals surface area contributed by atoms with E-state index in [9.17, 15) is 13.2 Å². The van der Waals surface area contributed by atoms with Crippen molar-refractivity contribution in [2.75, 3.05) is 0 Å². The van der Waals surface area contributed by atoms with Crippen LogP contribution in [0.25, 0.3) is 0 Å². The second-order valence-corrected chi connectivity index (χ2v) is 3.19. The summed E-state index contributed by atoms with van der Waals surface area (Å²) in [5, 5.41) is 0. The SMILES string of the molecule is O=C(OS(=O)(=O)O)c1ccccc1.[Cd]. The van der Waals surface area contributed by atoms with Crippen molar-refractivity contribution in [1.29, 1.82) is 0 Å². The van der Waals surface area contributed by atoms with Crippen molar-refractivity contribution >= 4 is 16.4 Å². The minimum atomic E-state index is -4.72. The fourth-order valence-corrected chi connectivity index (χ4v) is 1.01. The van der Waals surface area contributed by atoms with E-state index >= 15 is 0 Å². The topological polar surface area (TPSA) is 80.7 Å². The molecule has 0 amide bonds. The van der Waals surface area contributed by atoms with Crippen molar-refractivity contribution in [3.63, 3.8) is 0 Å². The summed E-state index contributed by atoms with van der Waals surface area (Å²) in [5.41, 5.74) is 0.0557. The molecule has 0 fully saturated rings. The number of carbonyl (C=O) groups is 1. The van der Waals surface area contributed by atoms with Gasteiger partial charge in [0.1, 0.15) is 0 Å². The molecule has 14 heavy (non-hydrogen) atoms. The fraction of sp³-hybridized carbons (Fsp3) is 0. The van der Waals surface area contributed by atoms with Gasteiger partial charge in [0.2, 0.25) is 0 Å². The second kappa shape index (κ2) is 5.41. The van der Waals surface area contributed by atoms with E-state index in [1.54, 1.807) is 18.2 Å². The first kappa shape index (κ1) is 13.5. The zero-order valence-electron chi connectivity index (χ0n) is 7.08. The van der Waals surface area contributed by atoms with Crippen molar-refractivity contribution in [2.24, 2.45) is 0 Å². The molecule has 0 atom stereocenters. The molecule has 0 aliphatic heterocycles. The van der Waals surface area contributed by atoms with E-state index in [0.29, 0.717) is 0 Å². The Labute approximate surface area is 101 Å². The summed E-state index contributed by atoms with van der Waals surface area (Å²) in [6.45, 7) is 0. The van der Waals surface area contributed by atoms with Gasteiger partial charge >= 0.3 is 16.4 Å². The van der Waals surface area contributed by atoms with Gasteiger partial charge in [-0.15, -0.1) is 0 Å². The van der Waals surface area contributed by atoms with Crippen molar-refractivity contribution in [1.82, 2.24) is 0 Å². The Balaban J connectivity index is 0.00000169. The van der Waals surface area contributed by atoms with Crippen LogP contribution in [0.3, 0.4) is 0 Å². The van der Waals surface area contributed by atoms with E-state index in [-0.39, 0.29) is 32.9 Å². The van der Waals surface area contributed by atoms with E-state index in [1.807, 2.05) is 0 Å². The number of rotatable bonds is 2. The van der Waals surface area contributed by atoms with Crippen LogP contribution in [0.2, 0.25) is 0 Å². The average molecular weight is 315 g/mol. The molecule has 0 saturated carbocycles. The molecule has 0 aliphatic rings. The van der Waals surface area contributed by atoms with Crippen LogP contribution in [-0.4, -0.2) is 18.9 Å². The van der Waals surface area contributed by atoms with Gasteiger partial charge in [-0.25, -0.2) is 4.79 Å². The predicted octanol–water partition coefficient (Wildman–Crippen LogP) is 0.644. The zero-order chi connectivity index (χ0) is 9.90. The van der Waals surface area contributed by atoms with E-state index in [2.05, 4.69) is 4.18 Å². The van der Waals surface area contributed by atoms with Crippen LogP contribution in [0.4, 0.5) is 0 Å². The standard InChI is InChI=1S/C7H6O5S.Cd/c8-7(12-13(9,10)11)6-4-2-1-3-5-6;/h1-5H,(H,9,10,11);. The summed E-state index contributed by atoms with van der Waals surface area (Å²) in [4.78, 5) is 10.9. The smallest absolute Gasteiger partial charge is 0.320 e. The summed E-state index contributed by atoms with van der Waals surface area (Å²) >= 11 is 0. The van der Waals surface area contributed by atoms with Gasteiger partial charge in [0, 0.05) is 27.3 Å². The molecule has 1 rings (SSSR count). The molecule has 1 aromatic carbocycles. The third-order valence-electron chi connectivity index (χ3n) is 1.19.